The molecule has 0 spiro atoms. The van der Waals surface area contributed by atoms with Crippen LogP contribution >= 0.6 is 0 Å². The summed E-state index contributed by atoms with van der Waals surface area (Å²) in [6.45, 7) is 3.40. The van der Waals surface area contributed by atoms with E-state index in [0.717, 1.165) is 24.3 Å². The number of carbonyl (C=O) groups is 1. The average Bonchev–Trinajstić information content (AvgIpc) is 2.66. The fourth-order valence-electron chi connectivity index (χ4n) is 3.10. The molecule has 1 aromatic carbocycles. The first-order chi connectivity index (χ1) is 12.6. The maximum atomic E-state index is 12.6. The number of piperidine rings is 1. The largest absolute Gasteiger partial charge is 0.497 e. The minimum absolute atomic E-state index is 0.0879. The molecular weight excluding hydrogens is 334 g/mol. The highest BCUT2D eigenvalue weighted by Crippen LogP contribution is 2.22. The van der Waals surface area contributed by atoms with Crippen molar-refractivity contribution in [1.82, 2.24) is 14.9 Å². The molecule has 1 aliphatic heterocycles. The van der Waals surface area contributed by atoms with Crippen LogP contribution in [0.25, 0.3) is 0 Å². The summed E-state index contributed by atoms with van der Waals surface area (Å²) < 4.78 is 11.1. The average molecular weight is 357 g/mol. The third kappa shape index (κ3) is 4.22. The number of aromatic amines is 1. The summed E-state index contributed by atoms with van der Waals surface area (Å²) in [4.78, 5) is 33.0. The number of aromatic nitrogens is 2. The van der Waals surface area contributed by atoms with Crippen LogP contribution in [0.1, 0.15) is 29.0 Å². The van der Waals surface area contributed by atoms with Gasteiger partial charge in [0.2, 0.25) is 0 Å². The predicted octanol–water partition coefficient (Wildman–Crippen LogP) is 2.02. The van der Waals surface area contributed by atoms with E-state index in [4.69, 9.17) is 9.47 Å². The Balaban J connectivity index is 1.61. The zero-order valence-corrected chi connectivity index (χ0v) is 15.0. The van der Waals surface area contributed by atoms with E-state index in [1.54, 1.807) is 18.9 Å². The lowest BCUT2D eigenvalue weighted by Crippen LogP contribution is -2.43. The summed E-state index contributed by atoms with van der Waals surface area (Å²) in [7, 11) is 1.62. The molecule has 0 saturated carbocycles. The van der Waals surface area contributed by atoms with Gasteiger partial charge in [-0.15, -0.1) is 0 Å². The molecule has 0 aliphatic carbocycles. The maximum absolute atomic E-state index is 12.6. The van der Waals surface area contributed by atoms with E-state index >= 15 is 0 Å². The Kier molecular flexibility index (Phi) is 5.55. The number of rotatable bonds is 5. The molecule has 2 heterocycles. The lowest BCUT2D eigenvalue weighted by Gasteiger charge is -2.32. The van der Waals surface area contributed by atoms with E-state index in [0.29, 0.717) is 25.5 Å². The number of nitrogens with one attached hydrogen (secondary N) is 1. The van der Waals surface area contributed by atoms with Crippen LogP contribution in [0.4, 0.5) is 0 Å². The van der Waals surface area contributed by atoms with Gasteiger partial charge in [-0.25, -0.2) is 4.98 Å². The van der Waals surface area contributed by atoms with Crippen LogP contribution in [0.2, 0.25) is 0 Å². The van der Waals surface area contributed by atoms with Crippen molar-refractivity contribution in [3.05, 3.63) is 52.2 Å². The monoisotopic (exact) mass is 357 g/mol. The minimum Gasteiger partial charge on any atom is -0.497 e. The van der Waals surface area contributed by atoms with Gasteiger partial charge in [-0.05, 0) is 31.9 Å². The first kappa shape index (κ1) is 18.0. The van der Waals surface area contributed by atoms with Gasteiger partial charge < -0.3 is 19.4 Å². The molecule has 1 fully saturated rings. The van der Waals surface area contributed by atoms with Gasteiger partial charge in [0.05, 0.1) is 13.7 Å². The number of carbonyl (C=O) groups excluding carboxylic acids is 1. The Morgan fingerprint density at radius 3 is 2.96 bits per heavy atom. The highest BCUT2D eigenvalue weighted by atomic mass is 16.5. The number of likely N-dealkylation sites (tertiary alicyclic amines) is 1. The second-order valence-corrected chi connectivity index (χ2v) is 6.46. The third-order valence-electron chi connectivity index (χ3n) is 4.49. The molecule has 1 N–H and O–H groups in total. The summed E-state index contributed by atoms with van der Waals surface area (Å²) in [5.74, 6) is 1.93. The van der Waals surface area contributed by atoms with E-state index in [1.165, 1.54) is 6.20 Å². The molecule has 7 heteroatoms. The SMILES string of the molecule is COc1cccc(OC[C@H]2CCCN(C(=O)c3cnc(C)[nH]c3=O)C2)c1. The second-order valence-electron chi connectivity index (χ2n) is 6.46. The van der Waals surface area contributed by atoms with Crippen molar-refractivity contribution in [3.8, 4) is 11.5 Å². The first-order valence-electron chi connectivity index (χ1n) is 8.69. The summed E-state index contributed by atoms with van der Waals surface area (Å²) in [6, 6.07) is 7.46. The van der Waals surface area contributed by atoms with Crippen LogP contribution in [0.5, 0.6) is 11.5 Å². The first-order valence-corrected chi connectivity index (χ1v) is 8.69. The molecule has 3 rings (SSSR count). The molecule has 1 saturated heterocycles. The Labute approximate surface area is 152 Å². The zero-order valence-electron chi connectivity index (χ0n) is 15.0. The molecule has 0 unspecified atom stereocenters. The number of hydrogen-bond donors (Lipinski definition) is 1. The van der Waals surface area contributed by atoms with Gasteiger partial charge in [-0.2, -0.15) is 0 Å². The molecule has 1 amide bonds. The standard InChI is InChI=1S/C19H23N3O4/c1-13-20-10-17(18(23)21-13)19(24)22-8-4-5-14(11-22)12-26-16-7-3-6-15(9-16)25-2/h3,6-7,9-10,14H,4-5,8,11-12H2,1-2H3,(H,20,21,23)/t14-/m0/s1. The summed E-state index contributed by atoms with van der Waals surface area (Å²) in [6.07, 6.45) is 3.22. The third-order valence-corrected chi connectivity index (χ3v) is 4.49. The summed E-state index contributed by atoms with van der Waals surface area (Å²) in [5, 5.41) is 0. The van der Waals surface area contributed by atoms with Crippen LogP contribution in [-0.4, -0.2) is 47.6 Å². The van der Waals surface area contributed by atoms with Gasteiger partial charge in [-0.3, -0.25) is 9.59 Å². The van der Waals surface area contributed by atoms with Gasteiger partial charge in [-0.1, -0.05) is 6.07 Å². The number of aryl methyl sites for hydroxylation is 1. The highest BCUT2D eigenvalue weighted by molar-refractivity contribution is 5.93. The topological polar surface area (TPSA) is 84.5 Å². The van der Waals surface area contributed by atoms with E-state index in [9.17, 15) is 9.59 Å². The quantitative estimate of drug-likeness (QED) is 0.885. The van der Waals surface area contributed by atoms with E-state index in [2.05, 4.69) is 9.97 Å². The summed E-state index contributed by atoms with van der Waals surface area (Å²) in [5.41, 5.74) is -0.304. The fourth-order valence-corrected chi connectivity index (χ4v) is 3.10. The van der Waals surface area contributed by atoms with Crippen LogP contribution in [0.15, 0.2) is 35.3 Å². The lowest BCUT2D eigenvalue weighted by molar-refractivity contribution is 0.0631. The molecule has 138 valence electrons. The van der Waals surface area contributed by atoms with Crippen molar-refractivity contribution in [1.29, 1.82) is 0 Å². The molecule has 0 radical (unpaired) electrons. The van der Waals surface area contributed by atoms with Crippen molar-refractivity contribution >= 4 is 5.91 Å². The van der Waals surface area contributed by atoms with Crippen molar-refractivity contribution < 1.29 is 14.3 Å². The smallest absolute Gasteiger partial charge is 0.263 e. The number of ether oxygens (including phenoxy) is 2. The fraction of sp³-hybridized carbons (Fsp3) is 0.421. The zero-order chi connectivity index (χ0) is 18.5. The van der Waals surface area contributed by atoms with Gasteiger partial charge in [0.1, 0.15) is 22.9 Å². The van der Waals surface area contributed by atoms with Crippen molar-refractivity contribution in [3.63, 3.8) is 0 Å². The van der Waals surface area contributed by atoms with Gasteiger partial charge in [0.25, 0.3) is 11.5 Å². The van der Waals surface area contributed by atoms with E-state index in [-0.39, 0.29) is 17.4 Å². The molecule has 2 aromatic rings. The van der Waals surface area contributed by atoms with Crippen LogP contribution in [0, 0.1) is 12.8 Å². The second kappa shape index (κ2) is 8.03. The number of hydrogen-bond acceptors (Lipinski definition) is 5. The lowest BCUT2D eigenvalue weighted by atomic mass is 9.98. The maximum Gasteiger partial charge on any atom is 0.263 e. The molecule has 26 heavy (non-hydrogen) atoms. The molecule has 1 atom stereocenters. The normalized spacial score (nSPS) is 17.0. The van der Waals surface area contributed by atoms with Crippen LogP contribution in [-0.2, 0) is 0 Å². The van der Waals surface area contributed by atoms with Crippen molar-refractivity contribution in [2.24, 2.45) is 5.92 Å². The number of benzene rings is 1. The minimum atomic E-state index is -0.391. The Morgan fingerprint density at radius 1 is 1.38 bits per heavy atom. The predicted molar refractivity (Wildman–Crippen MR) is 96.7 cm³/mol. The summed E-state index contributed by atoms with van der Waals surface area (Å²) >= 11 is 0. The number of nitrogens with zero attached hydrogens (tertiary/aromatic N) is 2. The molecule has 1 aliphatic rings. The number of H-pyrrole nitrogens is 1. The van der Waals surface area contributed by atoms with Crippen molar-refractivity contribution in [2.75, 3.05) is 26.8 Å². The van der Waals surface area contributed by atoms with E-state index in [1.807, 2.05) is 24.3 Å². The van der Waals surface area contributed by atoms with Crippen molar-refractivity contribution in [2.45, 2.75) is 19.8 Å². The number of methoxy groups -OCH3 is 1. The molecular formula is C19H23N3O4. The van der Waals surface area contributed by atoms with Crippen LogP contribution in [0.3, 0.4) is 0 Å². The molecule has 0 bridgehead atoms. The van der Waals surface area contributed by atoms with Gasteiger partial charge in [0, 0.05) is 31.3 Å². The Hall–Kier alpha value is -2.83. The Morgan fingerprint density at radius 2 is 2.19 bits per heavy atom. The number of amides is 1. The van der Waals surface area contributed by atoms with Gasteiger partial charge in [0.15, 0.2) is 0 Å². The molecule has 7 nitrogen and oxygen atoms in total. The highest BCUT2D eigenvalue weighted by Gasteiger charge is 2.26. The Bertz CT molecular complexity index is 834. The van der Waals surface area contributed by atoms with Gasteiger partial charge >= 0.3 is 0 Å². The van der Waals surface area contributed by atoms with Crippen LogP contribution < -0.4 is 15.0 Å². The molecule has 1 aromatic heterocycles. The van der Waals surface area contributed by atoms with E-state index < -0.39 is 5.56 Å².